The zero-order chi connectivity index (χ0) is 16.1. The first-order valence-corrected chi connectivity index (χ1v) is 8.15. The van der Waals surface area contributed by atoms with E-state index in [0.717, 1.165) is 11.1 Å². The van der Waals surface area contributed by atoms with Gasteiger partial charge in [-0.1, -0.05) is 36.4 Å². The topological polar surface area (TPSA) is 9.23 Å². The minimum atomic E-state index is 0.924. The van der Waals surface area contributed by atoms with E-state index in [1.54, 1.807) is 7.11 Å². The molecule has 0 atom stereocenters. The maximum atomic E-state index is 5.52. The van der Waals surface area contributed by atoms with Gasteiger partial charge in [-0.05, 0) is 80.2 Å². The van der Waals surface area contributed by atoms with Crippen LogP contribution < -0.4 is 4.74 Å². The average Bonchev–Trinajstić information content (AvgIpc) is 2.62. The number of methoxy groups -OCH3 is 1. The van der Waals surface area contributed by atoms with Gasteiger partial charge in [-0.25, -0.2) is 0 Å². The highest BCUT2D eigenvalue weighted by atomic mass is 16.5. The Balaban J connectivity index is 1.90. The lowest BCUT2D eigenvalue weighted by molar-refractivity contribution is 0.420. The molecular weight excluding hydrogens is 292 g/mol. The number of benzene rings is 5. The zero-order valence-corrected chi connectivity index (χ0v) is 13.4. The van der Waals surface area contributed by atoms with Crippen LogP contribution in [-0.4, -0.2) is 7.11 Å². The maximum Gasteiger partial charge on any atom is 0.126 e. The molecule has 0 saturated heterocycles. The second-order valence-corrected chi connectivity index (χ2v) is 6.28. The van der Waals surface area contributed by atoms with Crippen molar-refractivity contribution in [1.29, 1.82) is 0 Å². The van der Waals surface area contributed by atoms with Gasteiger partial charge in [0.1, 0.15) is 5.75 Å². The van der Waals surface area contributed by atoms with Crippen LogP contribution in [0.1, 0.15) is 0 Å². The third kappa shape index (κ3) is 1.95. The predicted octanol–water partition coefficient (Wildman–Crippen LogP) is 6.31. The van der Waals surface area contributed by atoms with Crippen LogP contribution in [0.5, 0.6) is 5.75 Å². The molecule has 0 aliphatic heterocycles. The number of hydrogen-bond donors (Lipinski definition) is 0. The van der Waals surface area contributed by atoms with Crippen molar-refractivity contribution in [2.24, 2.45) is 0 Å². The van der Waals surface area contributed by atoms with Crippen molar-refractivity contribution in [2.75, 3.05) is 7.11 Å². The van der Waals surface area contributed by atoms with Gasteiger partial charge in [-0.3, -0.25) is 0 Å². The lowest BCUT2D eigenvalue weighted by Gasteiger charge is -2.09. The van der Waals surface area contributed by atoms with Crippen LogP contribution in [0.15, 0.2) is 78.9 Å². The molecule has 5 rings (SSSR count). The minimum Gasteiger partial charge on any atom is -0.496 e. The lowest BCUT2D eigenvalue weighted by Crippen LogP contribution is -1.85. The standard InChI is InChI=1S/C23H16O/c1-24-23-8-4-7-17-11-20-12-18-9-15-5-2-3-6-16(15)10-19(18)13-21(20)14-22(17)23/h2-14H,1H3. The number of rotatable bonds is 1. The quantitative estimate of drug-likeness (QED) is 0.330. The number of hydrogen-bond acceptors (Lipinski definition) is 1. The molecule has 1 nitrogen and oxygen atoms in total. The van der Waals surface area contributed by atoms with E-state index in [9.17, 15) is 0 Å². The second-order valence-electron chi connectivity index (χ2n) is 6.28. The summed E-state index contributed by atoms with van der Waals surface area (Å²) in [5, 5.41) is 10.00. The highest BCUT2D eigenvalue weighted by molar-refractivity contribution is 6.08. The van der Waals surface area contributed by atoms with Gasteiger partial charge in [0.2, 0.25) is 0 Å². The first-order valence-electron chi connectivity index (χ1n) is 8.15. The lowest BCUT2D eigenvalue weighted by atomic mass is 9.97. The maximum absolute atomic E-state index is 5.52. The highest BCUT2D eigenvalue weighted by Gasteiger charge is 2.05. The fraction of sp³-hybridized carbons (Fsp3) is 0.0435. The van der Waals surface area contributed by atoms with E-state index in [-0.39, 0.29) is 0 Å². The zero-order valence-electron chi connectivity index (χ0n) is 13.4. The fourth-order valence-electron chi connectivity index (χ4n) is 3.62. The van der Waals surface area contributed by atoms with E-state index < -0.39 is 0 Å². The van der Waals surface area contributed by atoms with Crippen LogP contribution in [0, 0.1) is 0 Å². The molecular formula is C23H16O. The van der Waals surface area contributed by atoms with Gasteiger partial charge in [0, 0.05) is 5.39 Å². The van der Waals surface area contributed by atoms with Crippen LogP contribution in [-0.2, 0) is 0 Å². The molecule has 0 radical (unpaired) electrons. The molecule has 5 aromatic carbocycles. The molecule has 0 fully saturated rings. The molecule has 0 N–H and O–H groups in total. The van der Waals surface area contributed by atoms with Crippen molar-refractivity contribution in [3.8, 4) is 5.75 Å². The molecule has 0 bridgehead atoms. The Morgan fingerprint density at radius 3 is 1.62 bits per heavy atom. The van der Waals surface area contributed by atoms with Gasteiger partial charge in [-0.15, -0.1) is 0 Å². The minimum absolute atomic E-state index is 0.924. The van der Waals surface area contributed by atoms with Crippen molar-refractivity contribution in [1.82, 2.24) is 0 Å². The summed E-state index contributed by atoms with van der Waals surface area (Å²) in [6, 6.07) is 28.3. The van der Waals surface area contributed by atoms with Crippen molar-refractivity contribution in [3.63, 3.8) is 0 Å². The van der Waals surface area contributed by atoms with Crippen LogP contribution in [0.2, 0.25) is 0 Å². The van der Waals surface area contributed by atoms with Gasteiger partial charge in [0.05, 0.1) is 7.11 Å². The Hall–Kier alpha value is -3.06. The number of fused-ring (bicyclic) bond motifs is 4. The van der Waals surface area contributed by atoms with Gasteiger partial charge >= 0.3 is 0 Å². The van der Waals surface area contributed by atoms with Crippen molar-refractivity contribution >= 4 is 43.1 Å². The highest BCUT2D eigenvalue weighted by Crippen LogP contribution is 2.33. The summed E-state index contributed by atoms with van der Waals surface area (Å²) in [4.78, 5) is 0. The van der Waals surface area contributed by atoms with Crippen LogP contribution in [0.4, 0.5) is 0 Å². The first-order chi connectivity index (χ1) is 11.8. The van der Waals surface area contributed by atoms with Gasteiger partial charge in [0.15, 0.2) is 0 Å². The Bertz CT molecular complexity index is 1230. The van der Waals surface area contributed by atoms with Crippen molar-refractivity contribution in [2.45, 2.75) is 0 Å². The molecule has 114 valence electrons. The summed E-state index contributed by atoms with van der Waals surface area (Å²) >= 11 is 0. The second kappa shape index (κ2) is 4.97. The summed E-state index contributed by atoms with van der Waals surface area (Å²) in [5.74, 6) is 0.924. The molecule has 0 aliphatic rings. The fourth-order valence-corrected chi connectivity index (χ4v) is 3.62. The van der Waals surface area contributed by atoms with Crippen LogP contribution in [0.25, 0.3) is 43.1 Å². The predicted molar refractivity (Wildman–Crippen MR) is 103 cm³/mol. The molecule has 0 aliphatic carbocycles. The Labute approximate surface area is 140 Å². The first kappa shape index (κ1) is 13.4. The Morgan fingerprint density at radius 2 is 1.00 bits per heavy atom. The summed E-state index contributed by atoms with van der Waals surface area (Å²) in [7, 11) is 1.73. The van der Waals surface area contributed by atoms with Gasteiger partial charge in [0.25, 0.3) is 0 Å². The molecule has 1 heteroatoms. The Kier molecular flexibility index (Phi) is 2.77. The largest absolute Gasteiger partial charge is 0.496 e. The smallest absolute Gasteiger partial charge is 0.126 e. The average molecular weight is 308 g/mol. The third-order valence-corrected chi connectivity index (χ3v) is 4.84. The third-order valence-electron chi connectivity index (χ3n) is 4.84. The van der Waals surface area contributed by atoms with Crippen LogP contribution >= 0.6 is 0 Å². The number of ether oxygens (including phenoxy) is 1. The van der Waals surface area contributed by atoms with E-state index >= 15 is 0 Å². The van der Waals surface area contributed by atoms with E-state index in [2.05, 4.69) is 66.7 Å². The molecule has 0 spiro atoms. The summed E-state index contributed by atoms with van der Waals surface area (Å²) in [6.45, 7) is 0. The summed E-state index contributed by atoms with van der Waals surface area (Å²) in [5.41, 5.74) is 0. The van der Waals surface area contributed by atoms with E-state index in [0.29, 0.717) is 0 Å². The van der Waals surface area contributed by atoms with E-state index in [1.165, 1.54) is 37.7 Å². The molecule has 24 heavy (non-hydrogen) atoms. The normalized spacial score (nSPS) is 11.5. The SMILES string of the molecule is COc1cccc2cc3cc4cc5ccccc5cc4cc3cc12. The molecule has 0 saturated carbocycles. The molecule has 0 unspecified atom stereocenters. The molecule has 0 amide bonds. The summed E-state index contributed by atoms with van der Waals surface area (Å²) < 4.78 is 5.52. The molecule has 0 heterocycles. The molecule has 0 aromatic heterocycles. The van der Waals surface area contributed by atoms with Gasteiger partial charge < -0.3 is 4.74 Å². The van der Waals surface area contributed by atoms with Crippen molar-refractivity contribution in [3.05, 3.63) is 78.9 Å². The summed E-state index contributed by atoms with van der Waals surface area (Å²) in [6.07, 6.45) is 0. The van der Waals surface area contributed by atoms with Crippen LogP contribution in [0.3, 0.4) is 0 Å². The Morgan fingerprint density at radius 1 is 0.500 bits per heavy atom. The monoisotopic (exact) mass is 308 g/mol. The van der Waals surface area contributed by atoms with E-state index in [4.69, 9.17) is 4.74 Å². The van der Waals surface area contributed by atoms with E-state index in [1.807, 2.05) is 12.1 Å². The molecule has 5 aromatic rings. The van der Waals surface area contributed by atoms with Crippen molar-refractivity contribution < 1.29 is 4.74 Å². The van der Waals surface area contributed by atoms with Gasteiger partial charge in [-0.2, -0.15) is 0 Å².